The van der Waals surface area contributed by atoms with Crippen LogP contribution in [0.25, 0.3) is 0 Å². The Hall–Kier alpha value is -0.210. The number of rotatable bonds is 5. The molecule has 0 spiro atoms. The van der Waals surface area contributed by atoms with Crippen molar-refractivity contribution in [1.82, 2.24) is 13.9 Å². The highest BCUT2D eigenvalue weighted by Crippen LogP contribution is 2.11. The largest absolute Gasteiger partial charge is 0.379 e. The molecule has 0 aromatic rings. The van der Waals surface area contributed by atoms with Gasteiger partial charge in [0, 0.05) is 25.7 Å². The van der Waals surface area contributed by atoms with Gasteiger partial charge in [-0.25, -0.2) is 4.72 Å². The summed E-state index contributed by atoms with van der Waals surface area (Å²) in [5.74, 6) is 0. The van der Waals surface area contributed by atoms with Gasteiger partial charge >= 0.3 is 0 Å². The Morgan fingerprint density at radius 3 is 2.39 bits per heavy atom. The number of ether oxygens (including phenoxy) is 1. The lowest BCUT2D eigenvalue weighted by Crippen LogP contribution is -2.49. The summed E-state index contributed by atoms with van der Waals surface area (Å²) in [6.07, 6.45) is 2.45. The van der Waals surface area contributed by atoms with Gasteiger partial charge < -0.3 is 4.74 Å². The van der Waals surface area contributed by atoms with E-state index in [2.05, 4.69) is 16.5 Å². The zero-order valence-corrected chi connectivity index (χ0v) is 11.8. The highest BCUT2D eigenvalue weighted by atomic mass is 32.2. The van der Waals surface area contributed by atoms with Crippen LogP contribution < -0.4 is 4.72 Å². The van der Waals surface area contributed by atoms with Gasteiger partial charge in [0.1, 0.15) is 0 Å². The molecule has 2 fully saturated rings. The monoisotopic (exact) mass is 277 g/mol. The van der Waals surface area contributed by atoms with E-state index >= 15 is 0 Å². The molecule has 0 bridgehead atoms. The third-order valence-electron chi connectivity index (χ3n) is 3.64. The van der Waals surface area contributed by atoms with E-state index in [1.54, 1.807) is 0 Å². The van der Waals surface area contributed by atoms with Crippen molar-refractivity contribution in [2.45, 2.75) is 25.8 Å². The minimum Gasteiger partial charge on any atom is -0.379 e. The van der Waals surface area contributed by atoms with Gasteiger partial charge in [0.15, 0.2) is 0 Å². The molecule has 0 aliphatic carbocycles. The van der Waals surface area contributed by atoms with Crippen LogP contribution in [0.1, 0.15) is 19.8 Å². The first-order valence-corrected chi connectivity index (χ1v) is 8.10. The lowest BCUT2D eigenvalue weighted by molar-refractivity contribution is 0.0724. The summed E-state index contributed by atoms with van der Waals surface area (Å²) < 4.78 is 33.4. The summed E-state index contributed by atoms with van der Waals surface area (Å²) in [6, 6.07) is 0.267. The topological polar surface area (TPSA) is 61.9 Å². The number of hydrogen-bond acceptors (Lipinski definition) is 4. The Morgan fingerprint density at radius 2 is 1.78 bits per heavy atom. The van der Waals surface area contributed by atoms with Gasteiger partial charge in [-0.2, -0.15) is 12.7 Å². The lowest BCUT2D eigenvalue weighted by atomic mass is 10.3. The Bertz CT molecular complexity index is 349. The minimum atomic E-state index is -3.33. The van der Waals surface area contributed by atoms with Crippen molar-refractivity contribution in [2.24, 2.45) is 0 Å². The van der Waals surface area contributed by atoms with Gasteiger partial charge in [0.25, 0.3) is 10.2 Å². The van der Waals surface area contributed by atoms with Crippen molar-refractivity contribution in [3.05, 3.63) is 0 Å². The standard InChI is InChI=1S/C11H23N3O3S/c1-11(13-4-2-3-5-13)10-12-18(15,16)14-6-8-17-9-7-14/h11-12H,2-10H2,1H3/t11-/m1/s1. The first-order valence-electron chi connectivity index (χ1n) is 6.66. The number of morpholine rings is 1. The third-order valence-corrected chi connectivity index (χ3v) is 5.21. The molecule has 106 valence electrons. The molecule has 2 aliphatic heterocycles. The molecule has 1 N–H and O–H groups in total. The van der Waals surface area contributed by atoms with E-state index < -0.39 is 10.2 Å². The second-order valence-electron chi connectivity index (χ2n) is 4.96. The SMILES string of the molecule is C[C@H](CNS(=O)(=O)N1CCOCC1)N1CCCC1. The molecule has 2 heterocycles. The molecule has 0 aromatic heterocycles. The van der Waals surface area contributed by atoms with E-state index in [1.165, 1.54) is 17.1 Å². The fourth-order valence-corrected chi connectivity index (χ4v) is 3.68. The van der Waals surface area contributed by atoms with Crippen molar-refractivity contribution < 1.29 is 13.2 Å². The van der Waals surface area contributed by atoms with Crippen LogP contribution in [-0.4, -0.2) is 69.6 Å². The highest BCUT2D eigenvalue weighted by molar-refractivity contribution is 7.87. The van der Waals surface area contributed by atoms with Crippen molar-refractivity contribution in [1.29, 1.82) is 0 Å². The van der Waals surface area contributed by atoms with E-state index in [1.807, 2.05) is 0 Å². The predicted molar refractivity (Wildman–Crippen MR) is 69.6 cm³/mol. The van der Waals surface area contributed by atoms with Gasteiger partial charge in [-0.05, 0) is 32.9 Å². The van der Waals surface area contributed by atoms with E-state index in [4.69, 9.17) is 4.74 Å². The summed E-state index contributed by atoms with van der Waals surface area (Å²) in [6.45, 7) is 6.61. The summed E-state index contributed by atoms with van der Waals surface area (Å²) >= 11 is 0. The highest BCUT2D eigenvalue weighted by Gasteiger charge is 2.25. The molecule has 18 heavy (non-hydrogen) atoms. The van der Waals surface area contributed by atoms with Crippen molar-refractivity contribution in [2.75, 3.05) is 45.9 Å². The minimum absolute atomic E-state index is 0.267. The maximum atomic E-state index is 12.0. The smallest absolute Gasteiger partial charge is 0.279 e. The van der Waals surface area contributed by atoms with Crippen molar-refractivity contribution in [3.8, 4) is 0 Å². The van der Waals surface area contributed by atoms with Crippen LogP contribution >= 0.6 is 0 Å². The maximum Gasteiger partial charge on any atom is 0.279 e. The average molecular weight is 277 g/mol. The van der Waals surface area contributed by atoms with Crippen LogP contribution in [0.5, 0.6) is 0 Å². The third kappa shape index (κ3) is 3.64. The van der Waals surface area contributed by atoms with Crippen LogP contribution in [0.15, 0.2) is 0 Å². The Balaban J connectivity index is 1.80. The predicted octanol–water partition coefficient (Wildman–Crippen LogP) is -0.363. The molecule has 2 aliphatic rings. The Labute approximate surface area is 109 Å². The van der Waals surface area contributed by atoms with E-state index in [0.717, 1.165) is 13.1 Å². The molecule has 7 heteroatoms. The van der Waals surface area contributed by atoms with Crippen LogP contribution in [0.4, 0.5) is 0 Å². The second-order valence-corrected chi connectivity index (χ2v) is 6.71. The molecule has 0 saturated carbocycles. The first-order chi connectivity index (χ1) is 8.59. The number of nitrogens with one attached hydrogen (secondary N) is 1. The van der Waals surface area contributed by atoms with Gasteiger partial charge in [0.05, 0.1) is 13.2 Å². The van der Waals surface area contributed by atoms with E-state index in [-0.39, 0.29) is 6.04 Å². The molecular formula is C11H23N3O3S. The molecule has 0 radical (unpaired) electrons. The van der Waals surface area contributed by atoms with Crippen LogP contribution in [0, 0.1) is 0 Å². The molecule has 1 atom stereocenters. The molecular weight excluding hydrogens is 254 g/mol. The van der Waals surface area contributed by atoms with Crippen molar-refractivity contribution >= 4 is 10.2 Å². The fourth-order valence-electron chi connectivity index (χ4n) is 2.42. The lowest BCUT2D eigenvalue weighted by Gasteiger charge is -2.28. The van der Waals surface area contributed by atoms with E-state index in [0.29, 0.717) is 32.8 Å². The van der Waals surface area contributed by atoms with Gasteiger partial charge in [-0.3, -0.25) is 4.90 Å². The average Bonchev–Trinajstić information content (AvgIpc) is 2.91. The molecule has 0 aromatic carbocycles. The summed E-state index contributed by atoms with van der Waals surface area (Å²) in [4.78, 5) is 2.34. The van der Waals surface area contributed by atoms with Crippen LogP contribution in [-0.2, 0) is 14.9 Å². The Kier molecular flexibility index (Phi) is 4.97. The zero-order valence-electron chi connectivity index (χ0n) is 11.0. The molecule has 2 saturated heterocycles. The molecule has 0 amide bonds. The summed E-state index contributed by atoms with van der Waals surface area (Å²) in [7, 11) is -3.33. The van der Waals surface area contributed by atoms with Crippen molar-refractivity contribution in [3.63, 3.8) is 0 Å². The Morgan fingerprint density at radius 1 is 1.17 bits per heavy atom. The number of hydrogen-bond donors (Lipinski definition) is 1. The van der Waals surface area contributed by atoms with Gasteiger partial charge in [0.2, 0.25) is 0 Å². The fraction of sp³-hybridized carbons (Fsp3) is 1.00. The second kappa shape index (κ2) is 6.29. The van der Waals surface area contributed by atoms with Gasteiger partial charge in [-0.1, -0.05) is 0 Å². The van der Waals surface area contributed by atoms with Crippen LogP contribution in [0.2, 0.25) is 0 Å². The number of likely N-dealkylation sites (tertiary alicyclic amines) is 1. The quantitative estimate of drug-likeness (QED) is 0.745. The maximum absolute atomic E-state index is 12.0. The zero-order chi connectivity index (χ0) is 13.0. The summed E-state index contributed by atoms with van der Waals surface area (Å²) in [5.41, 5.74) is 0. The molecule has 2 rings (SSSR count). The van der Waals surface area contributed by atoms with Gasteiger partial charge in [-0.15, -0.1) is 0 Å². The first kappa shape index (κ1) is 14.2. The van der Waals surface area contributed by atoms with Crippen LogP contribution in [0.3, 0.4) is 0 Å². The normalized spacial score (nSPS) is 25.4. The summed E-state index contributed by atoms with van der Waals surface area (Å²) in [5, 5.41) is 0. The molecule has 0 unspecified atom stereocenters. The molecule has 6 nitrogen and oxygen atoms in total. The number of nitrogens with zero attached hydrogens (tertiary/aromatic N) is 2. The van der Waals surface area contributed by atoms with E-state index in [9.17, 15) is 8.42 Å².